The fourth-order valence-electron chi connectivity index (χ4n) is 1.36. The number of thiophene rings is 1. The summed E-state index contributed by atoms with van der Waals surface area (Å²) in [6.45, 7) is 0. The Balaban J connectivity index is 2.12. The fraction of sp³-hybridized carbons (Fsp3) is 0.0833. The largest absolute Gasteiger partial charge is 0.332 e. The van der Waals surface area contributed by atoms with E-state index >= 15 is 0 Å². The molecule has 0 saturated heterocycles. The van der Waals surface area contributed by atoms with E-state index in [2.05, 4.69) is 16.4 Å². The summed E-state index contributed by atoms with van der Waals surface area (Å²) in [5.41, 5.74) is 0.729. The van der Waals surface area contributed by atoms with Crippen LogP contribution in [0.25, 0.3) is 0 Å². The summed E-state index contributed by atoms with van der Waals surface area (Å²) in [6, 6.07) is 8.35. The number of hydrogen-bond acceptors (Lipinski definition) is 4. The summed E-state index contributed by atoms with van der Waals surface area (Å²) in [7, 11) is 0. The molecule has 1 atom stereocenters. The maximum atomic E-state index is 11.8. The maximum absolute atomic E-state index is 11.8. The van der Waals surface area contributed by atoms with Gasteiger partial charge in [-0.2, -0.15) is 5.26 Å². The van der Waals surface area contributed by atoms with Gasteiger partial charge in [0.05, 0.1) is 10.9 Å². The lowest BCUT2D eigenvalue weighted by Crippen LogP contribution is -2.26. The van der Waals surface area contributed by atoms with Crippen LogP contribution >= 0.6 is 11.3 Å². The first kappa shape index (κ1) is 11.3. The quantitative estimate of drug-likeness (QED) is 0.898. The van der Waals surface area contributed by atoms with Crippen LogP contribution in [-0.2, 0) is 0 Å². The summed E-state index contributed by atoms with van der Waals surface area (Å²) in [6.07, 6.45) is 3.19. The average Bonchev–Trinajstić information content (AvgIpc) is 2.90. The van der Waals surface area contributed by atoms with Crippen LogP contribution in [0.5, 0.6) is 0 Å². The number of nitrogens with zero attached hydrogens (tertiary/aromatic N) is 2. The highest BCUT2D eigenvalue weighted by Gasteiger charge is 2.15. The van der Waals surface area contributed by atoms with Gasteiger partial charge in [0, 0.05) is 12.4 Å². The Morgan fingerprint density at radius 1 is 1.41 bits per heavy atom. The molecule has 5 heteroatoms. The molecule has 2 aromatic rings. The third-order valence-corrected chi connectivity index (χ3v) is 3.06. The molecule has 2 rings (SSSR count). The first-order valence-corrected chi connectivity index (χ1v) is 5.83. The zero-order valence-corrected chi connectivity index (χ0v) is 9.65. The van der Waals surface area contributed by atoms with Crippen molar-refractivity contribution in [3.8, 4) is 6.07 Å². The van der Waals surface area contributed by atoms with Gasteiger partial charge >= 0.3 is 0 Å². The predicted molar refractivity (Wildman–Crippen MR) is 64.4 cm³/mol. The van der Waals surface area contributed by atoms with Crippen molar-refractivity contribution in [2.45, 2.75) is 6.04 Å². The molecule has 0 aliphatic heterocycles. The lowest BCUT2D eigenvalue weighted by molar-refractivity contribution is 0.0949. The second kappa shape index (κ2) is 5.23. The van der Waals surface area contributed by atoms with Crippen LogP contribution in [0.3, 0.4) is 0 Å². The monoisotopic (exact) mass is 243 g/mol. The Labute approximate surface area is 103 Å². The number of carbonyl (C=O) groups excluding carboxylic acids is 1. The molecule has 0 fully saturated rings. The van der Waals surface area contributed by atoms with Crippen molar-refractivity contribution < 1.29 is 4.79 Å². The number of nitriles is 1. The van der Waals surface area contributed by atoms with Crippen LogP contribution in [0.15, 0.2) is 42.0 Å². The van der Waals surface area contributed by atoms with Crippen LogP contribution in [-0.4, -0.2) is 10.9 Å². The van der Waals surface area contributed by atoms with E-state index in [-0.39, 0.29) is 5.91 Å². The highest BCUT2D eigenvalue weighted by atomic mass is 32.1. The minimum atomic E-state index is -0.646. The Morgan fingerprint density at radius 2 is 2.18 bits per heavy atom. The molecule has 4 nitrogen and oxygen atoms in total. The molecule has 0 aliphatic rings. The molecule has 2 heterocycles. The molecular formula is C12H9N3OS. The SMILES string of the molecule is N#CC(NC(=O)c1cccs1)c1ccncc1. The number of carbonyl (C=O) groups is 1. The van der Waals surface area contributed by atoms with E-state index in [4.69, 9.17) is 5.26 Å². The summed E-state index contributed by atoms with van der Waals surface area (Å²) in [5.74, 6) is -0.233. The average molecular weight is 243 g/mol. The summed E-state index contributed by atoms with van der Waals surface area (Å²) in [4.78, 5) is 16.2. The first-order valence-electron chi connectivity index (χ1n) is 4.95. The van der Waals surface area contributed by atoms with Crippen LogP contribution in [0.2, 0.25) is 0 Å². The Hall–Kier alpha value is -2.19. The van der Waals surface area contributed by atoms with Crippen LogP contribution in [0, 0.1) is 11.3 Å². The minimum absolute atomic E-state index is 0.233. The van der Waals surface area contributed by atoms with Crippen molar-refractivity contribution in [2.75, 3.05) is 0 Å². The van der Waals surface area contributed by atoms with Gasteiger partial charge in [0.15, 0.2) is 0 Å². The summed E-state index contributed by atoms with van der Waals surface area (Å²) in [5, 5.41) is 13.5. The van der Waals surface area contributed by atoms with Crippen LogP contribution in [0.4, 0.5) is 0 Å². The van der Waals surface area contributed by atoms with Gasteiger partial charge in [-0.05, 0) is 29.1 Å². The van der Waals surface area contributed by atoms with Crippen molar-refractivity contribution in [3.05, 3.63) is 52.5 Å². The molecule has 0 saturated carbocycles. The van der Waals surface area contributed by atoms with Crippen molar-refractivity contribution in [1.29, 1.82) is 5.26 Å². The molecule has 2 aromatic heterocycles. The fourth-order valence-corrected chi connectivity index (χ4v) is 1.98. The number of amides is 1. The zero-order valence-electron chi connectivity index (χ0n) is 8.83. The molecule has 0 radical (unpaired) electrons. The van der Waals surface area contributed by atoms with E-state index < -0.39 is 6.04 Å². The Morgan fingerprint density at radius 3 is 2.76 bits per heavy atom. The zero-order chi connectivity index (χ0) is 12.1. The third-order valence-electron chi connectivity index (χ3n) is 2.19. The van der Waals surface area contributed by atoms with Gasteiger partial charge in [-0.25, -0.2) is 0 Å². The van der Waals surface area contributed by atoms with Gasteiger partial charge in [-0.1, -0.05) is 6.07 Å². The minimum Gasteiger partial charge on any atom is -0.332 e. The molecule has 17 heavy (non-hydrogen) atoms. The third kappa shape index (κ3) is 2.68. The lowest BCUT2D eigenvalue weighted by Gasteiger charge is -2.10. The second-order valence-electron chi connectivity index (χ2n) is 3.29. The molecule has 1 amide bonds. The normalized spacial score (nSPS) is 11.5. The smallest absolute Gasteiger partial charge is 0.262 e. The molecule has 0 bridgehead atoms. The van der Waals surface area contributed by atoms with Crippen molar-refractivity contribution in [1.82, 2.24) is 10.3 Å². The van der Waals surface area contributed by atoms with Gasteiger partial charge in [0.2, 0.25) is 0 Å². The summed E-state index contributed by atoms with van der Waals surface area (Å²) < 4.78 is 0. The number of pyridine rings is 1. The first-order chi connectivity index (χ1) is 8.31. The predicted octanol–water partition coefficient (Wildman–Crippen LogP) is 2.14. The number of aromatic nitrogens is 1. The molecule has 1 N–H and O–H groups in total. The topological polar surface area (TPSA) is 65.8 Å². The Bertz CT molecular complexity index is 531. The van der Waals surface area contributed by atoms with Crippen molar-refractivity contribution in [3.63, 3.8) is 0 Å². The van der Waals surface area contributed by atoms with Gasteiger partial charge in [-0.15, -0.1) is 11.3 Å². The molecular weight excluding hydrogens is 234 g/mol. The molecule has 0 aliphatic carbocycles. The maximum Gasteiger partial charge on any atom is 0.262 e. The highest BCUT2D eigenvalue weighted by Crippen LogP contribution is 2.13. The van der Waals surface area contributed by atoms with E-state index in [1.54, 1.807) is 36.7 Å². The number of nitrogens with one attached hydrogen (secondary N) is 1. The summed E-state index contributed by atoms with van der Waals surface area (Å²) >= 11 is 1.34. The number of rotatable bonds is 3. The van der Waals surface area contributed by atoms with Gasteiger partial charge in [-0.3, -0.25) is 9.78 Å². The molecule has 1 unspecified atom stereocenters. The number of hydrogen-bond donors (Lipinski definition) is 1. The van der Waals surface area contributed by atoms with Crippen LogP contribution in [0.1, 0.15) is 21.3 Å². The van der Waals surface area contributed by atoms with Crippen molar-refractivity contribution >= 4 is 17.2 Å². The van der Waals surface area contributed by atoms with E-state index in [0.29, 0.717) is 4.88 Å². The standard InChI is InChI=1S/C12H9N3OS/c13-8-10(9-3-5-14-6-4-9)15-12(16)11-2-1-7-17-11/h1-7,10H,(H,15,16). The van der Waals surface area contributed by atoms with Gasteiger partial charge in [0.25, 0.3) is 5.91 Å². The van der Waals surface area contributed by atoms with E-state index in [1.807, 2.05) is 5.38 Å². The Kier molecular flexibility index (Phi) is 3.48. The van der Waals surface area contributed by atoms with E-state index in [1.165, 1.54) is 11.3 Å². The van der Waals surface area contributed by atoms with Gasteiger partial charge in [0.1, 0.15) is 6.04 Å². The molecule has 0 aromatic carbocycles. The second-order valence-corrected chi connectivity index (χ2v) is 4.24. The molecule has 0 spiro atoms. The highest BCUT2D eigenvalue weighted by molar-refractivity contribution is 7.12. The van der Waals surface area contributed by atoms with Crippen molar-refractivity contribution in [2.24, 2.45) is 0 Å². The van der Waals surface area contributed by atoms with Gasteiger partial charge < -0.3 is 5.32 Å². The van der Waals surface area contributed by atoms with Crippen LogP contribution < -0.4 is 5.32 Å². The van der Waals surface area contributed by atoms with E-state index in [0.717, 1.165) is 5.56 Å². The van der Waals surface area contributed by atoms with E-state index in [9.17, 15) is 4.79 Å². The lowest BCUT2D eigenvalue weighted by atomic mass is 10.1. The molecule has 84 valence electrons.